The summed E-state index contributed by atoms with van der Waals surface area (Å²) in [5, 5.41) is 0. The Morgan fingerprint density at radius 2 is 1.78 bits per heavy atom. The van der Waals surface area contributed by atoms with Gasteiger partial charge in [0.25, 0.3) is 0 Å². The quantitative estimate of drug-likeness (QED) is 0.782. The average molecular weight is 359 g/mol. The van der Waals surface area contributed by atoms with Gasteiger partial charge in [-0.3, -0.25) is 0 Å². The van der Waals surface area contributed by atoms with Crippen LogP contribution in [0.4, 0.5) is 0 Å². The van der Waals surface area contributed by atoms with E-state index in [-0.39, 0.29) is 28.4 Å². The molecule has 1 saturated carbocycles. The number of sulfonamides is 2. The molecular weight excluding hydrogens is 338 g/mol. The molecule has 23 heavy (non-hydrogen) atoms. The zero-order valence-corrected chi connectivity index (χ0v) is 14.3. The number of benzene rings is 1. The van der Waals surface area contributed by atoms with E-state index in [0.717, 1.165) is 19.3 Å². The van der Waals surface area contributed by atoms with Gasteiger partial charge in [-0.1, -0.05) is 6.07 Å². The molecule has 1 unspecified atom stereocenters. The van der Waals surface area contributed by atoms with Crippen LogP contribution in [0.2, 0.25) is 0 Å². The third kappa shape index (κ3) is 3.74. The first-order chi connectivity index (χ1) is 10.8. The molecule has 0 bridgehead atoms. The summed E-state index contributed by atoms with van der Waals surface area (Å²) in [4.78, 5) is -0.0305. The summed E-state index contributed by atoms with van der Waals surface area (Å²) < 4.78 is 53.8. The van der Waals surface area contributed by atoms with Crippen LogP contribution >= 0.6 is 0 Å². The Morgan fingerprint density at radius 3 is 2.43 bits per heavy atom. The predicted octanol–water partition coefficient (Wildman–Crippen LogP) is 0.239. The minimum atomic E-state index is -3.73. The van der Waals surface area contributed by atoms with Crippen LogP contribution < -0.4 is 10.5 Å². The van der Waals surface area contributed by atoms with Crippen molar-refractivity contribution < 1.29 is 16.8 Å². The number of nitrogens with zero attached hydrogens (tertiary/aromatic N) is 1. The zero-order valence-electron chi connectivity index (χ0n) is 12.7. The number of rotatable bonds is 5. The van der Waals surface area contributed by atoms with E-state index in [1.807, 2.05) is 0 Å². The summed E-state index contributed by atoms with van der Waals surface area (Å²) in [7, 11) is -7.41. The largest absolute Gasteiger partial charge is 0.327 e. The van der Waals surface area contributed by atoms with Gasteiger partial charge in [-0.2, -0.15) is 4.31 Å². The van der Waals surface area contributed by atoms with Crippen LogP contribution in [0.1, 0.15) is 25.7 Å². The molecule has 3 rings (SSSR count). The number of hydrogen-bond acceptors (Lipinski definition) is 5. The molecule has 1 heterocycles. The standard InChI is InChI=1S/C14H21N3O4S2/c15-11-3-2-8-17(10-11)23(20,21)14-5-1-4-13(9-14)22(18,19)16-12-6-7-12/h1,4-5,9,11-12,16H,2-3,6-8,10,15H2. The van der Waals surface area contributed by atoms with Crippen LogP contribution in [0.5, 0.6) is 0 Å². The molecule has 1 aliphatic carbocycles. The first-order valence-electron chi connectivity index (χ1n) is 7.67. The molecule has 128 valence electrons. The molecule has 1 aliphatic heterocycles. The molecule has 1 aromatic rings. The number of nitrogens with two attached hydrogens (primary N) is 1. The fourth-order valence-electron chi connectivity index (χ4n) is 2.63. The lowest BCUT2D eigenvalue weighted by Crippen LogP contribution is -2.45. The highest BCUT2D eigenvalue weighted by molar-refractivity contribution is 7.90. The molecule has 9 heteroatoms. The van der Waals surface area contributed by atoms with Crippen molar-refractivity contribution >= 4 is 20.0 Å². The lowest BCUT2D eigenvalue weighted by Gasteiger charge is -2.29. The molecule has 2 aliphatic rings. The SMILES string of the molecule is NC1CCCN(S(=O)(=O)c2cccc(S(=O)(=O)NC3CC3)c2)C1. The molecule has 1 aromatic carbocycles. The van der Waals surface area contributed by atoms with Crippen LogP contribution in [0.15, 0.2) is 34.1 Å². The van der Waals surface area contributed by atoms with Crippen molar-refractivity contribution in [3.05, 3.63) is 24.3 Å². The lowest BCUT2D eigenvalue weighted by molar-refractivity contribution is 0.316. The molecule has 0 aromatic heterocycles. The van der Waals surface area contributed by atoms with Crippen molar-refractivity contribution in [2.24, 2.45) is 5.73 Å². The number of nitrogens with one attached hydrogen (secondary N) is 1. The van der Waals surface area contributed by atoms with E-state index < -0.39 is 20.0 Å². The minimum absolute atomic E-state index is 0.00901. The second-order valence-electron chi connectivity index (χ2n) is 6.14. The fraction of sp³-hybridized carbons (Fsp3) is 0.571. The van der Waals surface area contributed by atoms with E-state index >= 15 is 0 Å². The van der Waals surface area contributed by atoms with Gasteiger partial charge in [-0.05, 0) is 43.9 Å². The van der Waals surface area contributed by atoms with Gasteiger partial charge in [-0.25, -0.2) is 21.6 Å². The maximum atomic E-state index is 12.7. The Morgan fingerprint density at radius 1 is 1.09 bits per heavy atom. The Kier molecular flexibility index (Phi) is 4.49. The second kappa shape index (κ2) is 6.14. The second-order valence-corrected chi connectivity index (χ2v) is 9.79. The molecule has 3 N–H and O–H groups in total. The monoisotopic (exact) mass is 359 g/mol. The van der Waals surface area contributed by atoms with Crippen molar-refractivity contribution in [2.45, 2.75) is 47.6 Å². The highest BCUT2D eigenvalue weighted by Crippen LogP contribution is 2.25. The van der Waals surface area contributed by atoms with E-state index in [0.29, 0.717) is 13.0 Å². The van der Waals surface area contributed by atoms with Crippen molar-refractivity contribution in [3.8, 4) is 0 Å². The van der Waals surface area contributed by atoms with Crippen LogP contribution in [0.3, 0.4) is 0 Å². The maximum Gasteiger partial charge on any atom is 0.243 e. The first kappa shape index (κ1) is 16.8. The molecule has 7 nitrogen and oxygen atoms in total. The Hall–Kier alpha value is -1.00. The minimum Gasteiger partial charge on any atom is -0.327 e. The first-order valence-corrected chi connectivity index (χ1v) is 10.6. The molecule has 0 radical (unpaired) electrons. The molecule has 0 spiro atoms. The van der Waals surface area contributed by atoms with E-state index in [9.17, 15) is 16.8 Å². The van der Waals surface area contributed by atoms with E-state index in [1.165, 1.54) is 28.6 Å². The van der Waals surface area contributed by atoms with Gasteiger partial charge in [0, 0.05) is 25.2 Å². The van der Waals surface area contributed by atoms with Crippen molar-refractivity contribution in [1.29, 1.82) is 0 Å². The van der Waals surface area contributed by atoms with Crippen LogP contribution in [-0.2, 0) is 20.0 Å². The Balaban J connectivity index is 1.89. The molecule has 1 atom stereocenters. The highest BCUT2D eigenvalue weighted by Gasteiger charge is 2.31. The van der Waals surface area contributed by atoms with E-state index in [4.69, 9.17) is 5.73 Å². The molecule has 1 saturated heterocycles. The van der Waals surface area contributed by atoms with Crippen molar-refractivity contribution in [1.82, 2.24) is 9.03 Å². The summed E-state index contributed by atoms with van der Waals surface area (Å²) in [6.45, 7) is 0.674. The average Bonchev–Trinajstić information content (AvgIpc) is 3.31. The summed E-state index contributed by atoms with van der Waals surface area (Å²) in [6, 6.07) is 5.30. The summed E-state index contributed by atoms with van der Waals surface area (Å²) >= 11 is 0. The van der Waals surface area contributed by atoms with Gasteiger partial charge in [0.15, 0.2) is 0 Å². The molecular formula is C14H21N3O4S2. The summed E-state index contributed by atoms with van der Waals surface area (Å²) in [6.07, 6.45) is 3.15. The summed E-state index contributed by atoms with van der Waals surface area (Å²) in [5.74, 6) is 0. The van der Waals surface area contributed by atoms with E-state index in [2.05, 4.69) is 4.72 Å². The van der Waals surface area contributed by atoms with Gasteiger partial charge in [0.2, 0.25) is 20.0 Å². The van der Waals surface area contributed by atoms with Crippen molar-refractivity contribution in [3.63, 3.8) is 0 Å². The highest BCUT2D eigenvalue weighted by atomic mass is 32.2. The topological polar surface area (TPSA) is 110 Å². The van der Waals surface area contributed by atoms with Gasteiger partial charge >= 0.3 is 0 Å². The zero-order chi connectivity index (χ0) is 16.7. The van der Waals surface area contributed by atoms with Gasteiger partial charge in [-0.15, -0.1) is 0 Å². The third-order valence-electron chi connectivity index (χ3n) is 4.07. The van der Waals surface area contributed by atoms with Crippen LogP contribution in [0, 0.1) is 0 Å². The third-order valence-corrected chi connectivity index (χ3v) is 7.45. The Labute approximate surface area is 137 Å². The molecule has 2 fully saturated rings. The Bertz CT molecular complexity index is 788. The number of hydrogen-bond donors (Lipinski definition) is 2. The molecule has 0 amide bonds. The maximum absolute atomic E-state index is 12.7. The fourth-order valence-corrected chi connectivity index (χ4v) is 5.64. The summed E-state index contributed by atoms with van der Waals surface area (Å²) in [5.41, 5.74) is 5.85. The van der Waals surface area contributed by atoms with E-state index in [1.54, 1.807) is 0 Å². The smallest absolute Gasteiger partial charge is 0.243 e. The van der Waals surface area contributed by atoms with Crippen LogP contribution in [-0.4, -0.2) is 46.3 Å². The van der Waals surface area contributed by atoms with Crippen LogP contribution in [0.25, 0.3) is 0 Å². The van der Waals surface area contributed by atoms with Crippen molar-refractivity contribution in [2.75, 3.05) is 13.1 Å². The van der Waals surface area contributed by atoms with Gasteiger partial charge in [0.1, 0.15) is 0 Å². The van der Waals surface area contributed by atoms with Gasteiger partial charge < -0.3 is 5.73 Å². The predicted molar refractivity (Wildman–Crippen MR) is 85.8 cm³/mol. The lowest BCUT2D eigenvalue weighted by atomic mass is 10.1. The normalized spacial score (nSPS) is 23.8. The number of piperidine rings is 1. The van der Waals surface area contributed by atoms with Gasteiger partial charge in [0.05, 0.1) is 9.79 Å².